The average Bonchev–Trinajstić information content (AvgIpc) is 2.91. The Bertz CT molecular complexity index is 690. The smallest absolute Gasteiger partial charge is 0.235 e. The molecule has 0 radical (unpaired) electrons. The molecule has 0 aliphatic heterocycles. The second kappa shape index (κ2) is 8.33. The standard InChI is InChI=1S/C15H16FN3O3S/c1-10-6-13(19-22-10)18-15(21)9-23-8-14(20)17-7-11-4-2-3-5-12(11)16/h2-6H,7-9H2,1H3,(H,17,20)(H,18,19,21). The van der Waals surface area contributed by atoms with Crippen molar-refractivity contribution in [3.05, 3.63) is 47.5 Å². The van der Waals surface area contributed by atoms with Crippen LogP contribution in [0.4, 0.5) is 10.2 Å². The van der Waals surface area contributed by atoms with Gasteiger partial charge < -0.3 is 15.2 Å². The lowest BCUT2D eigenvalue weighted by Gasteiger charge is -2.06. The number of benzene rings is 1. The number of amides is 2. The number of aromatic nitrogens is 1. The number of anilines is 1. The molecule has 8 heteroatoms. The first-order valence-electron chi connectivity index (χ1n) is 6.85. The third-order valence-corrected chi connectivity index (χ3v) is 3.73. The summed E-state index contributed by atoms with van der Waals surface area (Å²) < 4.78 is 18.2. The number of carbonyl (C=O) groups is 2. The van der Waals surface area contributed by atoms with E-state index in [2.05, 4.69) is 15.8 Å². The van der Waals surface area contributed by atoms with Crippen LogP contribution in [0, 0.1) is 12.7 Å². The molecule has 2 rings (SSSR count). The quantitative estimate of drug-likeness (QED) is 0.808. The van der Waals surface area contributed by atoms with Crippen molar-refractivity contribution in [3.8, 4) is 0 Å². The van der Waals surface area contributed by atoms with Crippen LogP contribution in [0.3, 0.4) is 0 Å². The zero-order chi connectivity index (χ0) is 16.7. The topological polar surface area (TPSA) is 84.2 Å². The first-order valence-corrected chi connectivity index (χ1v) is 8.01. The van der Waals surface area contributed by atoms with E-state index in [-0.39, 0.29) is 35.7 Å². The van der Waals surface area contributed by atoms with Gasteiger partial charge in [-0.1, -0.05) is 23.4 Å². The summed E-state index contributed by atoms with van der Waals surface area (Å²) in [4.78, 5) is 23.3. The minimum Gasteiger partial charge on any atom is -0.360 e. The van der Waals surface area contributed by atoms with Gasteiger partial charge >= 0.3 is 0 Å². The van der Waals surface area contributed by atoms with Gasteiger partial charge in [0.05, 0.1) is 11.5 Å². The number of aryl methyl sites for hydroxylation is 1. The van der Waals surface area contributed by atoms with Gasteiger partial charge in [0.2, 0.25) is 11.8 Å². The van der Waals surface area contributed by atoms with Gasteiger partial charge in [-0.15, -0.1) is 11.8 Å². The lowest BCUT2D eigenvalue weighted by atomic mass is 10.2. The third kappa shape index (κ3) is 5.74. The fourth-order valence-corrected chi connectivity index (χ4v) is 2.37. The van der Waals surface area contributed by atoms with E-state index in [4.69, 9.17) is 4.52 Å². The van der Waals surface area contributed by atoms with Crippen LogP contribution in [0.15, 0.2) is 34.9 Å². The first-order chi connectivity index (χ1) is 11.0. The highest BCUT2D eigenvalue weighted by Gasteiger charge is 2.09. The van der Waals surface area contributed by atoms with E-state index in [9.17, 15) is 14.0 Å². The van der Waals surface area contributed by atoms with Gasteiger partial charge in [0.15, 0.2) is 5.82 Å². The van der Waals surface area contributed by atoms with Gasteiger partial charge in [-0.2, -0.15) is 0 Å². The Kier molecular flexibility index (Phi) is 6.16. The largest absolute Gasteiger partial charge is 0.360 e. The first kappa shape index (κ1) is 17.0. The number of nitrogens with zero attached hydrogens (tertiary/aromatic N) is 1. The lowest BCUT2D eigenvalue weighted by Crippen LogP contribution is -2.26. The molecule has 0 atom stereocenters. The highest BCUT2D eigenvalue weighted by Crippen LogP contribution is 2.09. The Hall–Kier alpha value is -2.35. The number of nitrogens with one attached hydrogen (secondary N) is 2. The number of thioether (sulfide) groups is 1. The van der Waals surface area contributed by atoms with Crippen LogP contribution in [0.1, 0.15) is 11.3 Å². The molecule has 2 N–H and O–H groups in total. The van der Waals surface area contributed by atoms with Crippen LogP contribution < -0.4 is 10.6 Å². The van der Waals surface area contributed by atoms with E-state index in [1.807, 2.05) is 0 Å². The number of rotatable bonds is 7. The number of hydrogen-bond donors (Lipinski definition) is 2. The molecule has 6 nitrogen and oxygen atoms in total. The predicted molar refractivity (Wildman–Crippen MR) is 85.4 cm³/mol. The second-order valence-electron chi connectivity index (χ2n) is 4.73. The minimum atomic E-state index is -0.359. The van der Waals surface area contributed by atoms with Crippen molar-refractivity contribution in [1.29, 1.82) is 0 Å². The maximum atomic E-state index is 13.4. The zero-order valence-electron chi connectivity index (χ0n) is 12.5. The van der Waals surface area contributed by atoms with E-state index in [1.54, 1.807) is 31.2 Å². The van der Waals surface area contributed by atoms with Crippen molar-refractivity contribution in [3.63, 3.8) is 0 Å². The molecule has 0 bridgehead atoms. The van der Waals surface area contributed by atoms with Crippen molar-refractivity contribution in [2.24, 2.45) is 0 Å². The molecule has 122 valence electrons. The molecule has 1 aromatic carbocycles. The fraction of sp³-hybridized carbons (Fsp3) is 0.267. The summed E-state index contributed by atoms with van der Waals surface area (Å²) in [5.41, 5.74) is 0.421. The van der Waals surface area contributed by atoms with Crippen molar-refractivity contribution < 1.29 is 18.5 Å². The van der Waals surface area contributed by atoms with Gasteiger partial charge in [-0.3, -0.25) is 9.59 Å². The molecule has 2 aromatic rings. The number of carbonyl (C=O) groups excluding carboxylic acids is 2. The van der Waals surface area contributed by atoms with Crippen molar-refractivity contribution in [2.45, 2.75) is 13.5 Å². The predicted octanol–water partition coefficient (Wildman–Crippen LogP) is 2.11. The normalized spacial score (nSPS) is 10.3. The summed E-state index contributed by atoms with van der Waals surface area (Å²) in [5, 5.41) is 8.80. The molecule has 0 fully saturated rings. The summed E-state index contributed by atoms with van der Waals surface area (Å²) >= 11 is 1.16. The third-order valence-electron chi connectivity index (χ3n) is 2.80. The molecular formula is C15H16FN3O3S. The van der Waals surface area contributed by atoms with Crippen LogP contribution >= 0.6 is 11.8 Å². The average molecular weight is 337 g/mol. The lowest BCUT2D eigenvalue weighted by molar-refractivity contribution is -0.118. The molecule has 23 heavy (non-hydrogen) atoms. The minimum absolute atomic E-state index is 0.110. The SMILES string of the molecule is Cc1cc(NC(=O)CSCC(=O)NCc2ccccc2F)no1. The van der Waals surface area contributed by atoms with Crippen LogP contribution in [0.25, 0.3) is 0 Å². The van der Waals surface area contributed by atoms with E-state index in [0.717, 1.165) is 11.8 Å². The van der Waals surface area contributed by atoms with E-state index < -0.39 is 0 Å². The maximum absolute atomic E-state index is 13.4. The van der Waals surface area contributed by atoms with Crippen molar-refractivity contribution in [2.75, 3.05) is 16.8 Å². The van der Waals surface area contributed by atoms with Gasteiger partial charge in [-0.25, -0.2) is 4.39 Å². The van der Waals surface area contributed by atoms with Crippen LogP contribution in [-0.4, -0.2) is 28.5 Å². The Morgan fingerprint density at radius 3 is 2.70 bits per heavy atom. The van der Waals surface area contributed by atoms with E-state index in [1.165, 1.54) is 6.07 Å². The molecule has 0 spiro atoms. The Balaban J connectivity index is 1.64. The van der Waals surface area contributed by atoms with Gasteiger partial charge in [0, 0.05) is 18.2 Å². The highest BCUT2D eigenvalue weighted by molar-refractivity contribution is 8.00. The molecule has 0 saturated carbocycles. The number of halogens is 1. The molecule has 1 aromatic heterocycles. The Morgan fingerprint density at radius 1 is 1.26 bits per heavy atom. The summed E-state index contributed by atoms with van der Waals surface area (Å²) in [7, 11) is 0. The second-order valence-corrected chi connectivity index (χ2v) is 5.72. The summed E-state index contributed by atoms with van der Waals surface area (Å²) in [6.45, 7) is 1.84. The van der Waals surface area contributed by atoms with E-state index in [0.29, 0.717) is 17.1 Å². The highest BCUT2D eigenvalue weighted by atomic mass is 32.2. The maximum Gasteiger partial charge on any atom is 0.235 e. The zero-order valence-corrected chi connectivity index (χ0v) is 13.3. The Morgan fingerprint density at radius 2 is 2.00 bits per heavy atom. The van der Waals surface area contributed by atoms with Crippen LogP contribution in [-0.2, 0) is 16.1 Å². The summed E-state index contributed by atoms with van der Waals surface area (Å²) in [6, 6.07) is 7.84. The van der Waals surface area contributed by atoms with Crippen LogP contribution in [0.5, 0.6) is 0 Å². The monoisotopic (exact) mass is 337 g/mol. The van der Waals surface area contributed by atoms with Gasteiger partial charge in [-0.05, 0) is 13.0 Å². The molecule has 2 amide bonds. The van der Waals surface area contributed by atoms with Crippen molar-refractivity contribution >= 4 is 29.4 Å². The summed E-state index contributed by atoms with van der Waals surface area (Å²) in [6.07, 6.45) is 0. The molecule has 0 saturated heterocycles. The van der Waals surface area contributed by atoms with Crippen molar-refractivity contribution in [1.82, 2.24) is 10.5 Å². The van der Waals surface area contributed by atoms with Crippen LogP contribution in [0.2, 0.25) is 0 Å². The molecule has 0 unspecified atom stereocenters. The van der Waals surface area contributed by atoms with Gasteiger partial charge in [0.25, 0.3) is 0 Å². The molecule has 0 aliphatic carbocycles. The van der Waals surface area contributed by atoms with Gasteiger partial charge in [0.1, 0.15) is 11.6 Å². The number of hydrogen-bond acceptors (Lipinski definition) is 5. The summed E-state index contributed by atoms with van der Waals surface area (Å²) in [5.74, 6) is 0.271. The molecule has 0 aliphatic rings. The molecular weight excluding hydrogens is 321 g/mol. The molecule has 1 heterocycles. The fourth-order valence-electron chi connectivity index (χ4n) is 1.73. The Labute approximate surface area is 136 Å². The van der Waals surface area contributed by atoms with E-state index >= 15 is 0 Å².